The standard InChI is InChI=1S/C16H19N3O4/c1-18(2)13-7-5-12(6-8-13)4-3-11-17-16(20)14-9-10-15(23-14)19(21)22/h5-10H,3-4,11H2,1-2H3,(H,17,20). The second-order valence-electron chi connectivity index (χ2n) is 5.32. The average molecular weight is 317 g/mol. The summed E-state index contributed by atoms with van der Waals surface area (Å²) in [5, 5.41) is 13.2. The smallest absolute Gasteiger partial charge is 0.395 e. The molecule has 0 fully saturated rings. The molecule has 122 valence electrons. The monoisotopic (exact) mass is 317 g/mol. The Balaban J connectivity index is 1.76. The van der Waals surface area contributed by atoms with Crippen LogP contribution in [0.5, 0.6) is 0 Å². The molecule has 2 aromatic rings. The van der Waals surface area contributed by atoms with E-state index in [0.29, 0.717) is 6.54 Å². The fourth-order valence-electron chi connectivity index (χ4n) is 2.09. The molecule has 0 aliphatic rings. The normalized spacial score (nSPS) is 10.3. The third-order valence-corrected chi connectivity index (χ3v) is 3.38. The lowest BCUT2D eigenvalue weighted by Crippen LogP contribution is -2.24. The molecule has 1 amide bonds. The van der Waals surface area contributed by atoms with Crippen molar-refractivity contribution in [1.29, 1.82) is 0 Å². The minimum atomic E-state index is -0.672. The molecule has 0 aliphatic heterocycles. The van der Waals surface area contributed by atoms with Crippen LogP contribution in [-0.2, 0) is 6.42 Å². The van der Waals surface area contributed by atoms with E-state index in [9.17, 15) is 14.9 Å². The summed E-state index contributed by atoms with van der Waals surface area (Å²) in [6, 6.07) is 10.7. The Bertz CT molecular complexity index is 677. The number of furan rings is 1. The highest BCUT2D eigenvalue weighted by molar-refractivity contribution is 5.91. The fraction of sp³-hybridized carbons (Fsp3) is 0.312. The Labute approximate surface area is 134 Å². The lowest BCUT2D eigenvalue weighted by molar-refractivity contribution is -0.402. The Morgan fingerprint density at radius 1 is 1.22 bits per heavy atom. The van der Waals surface area contributed by atoms with Gasteiger partial charge in [0.1, 0.15) is 4.92 Å². The van der Waals surface area contributed by atoms with Gasteiger partial charge in [-0.1, -0.05) is 12.1 Å². The molecule has 7 nitrogen and oxygen atoms in total. The van der Waals surface area contributed by atoms with Crippen LogP contribution in [0.1, 0.15) is 22.5 Å². The number of aryl methyl sites for hydroxylation is 1. The zero-order valence-electron chi connectivity index (χ0n) is 13.1. The van der Waals surface area contributed by atoms with Crippen LogP contribution in [0.2, 0.25) is 0 Å². The molecule has 23 heavy (non-hydrogen) atoms. The second-order valence-corrected chi connectivity index (χ2v) is 5.32. The molecular formula is C16H19N3O4. The van der Waals surface area contributed by atoms with E-state index in [1.807, 2.05) is 19.0 Å². The summed E-state index contributed by atoms with van der Waals surface area (Å²) in [5.41, 5.74) is 2.33. The topological polar surface area (TPSA) is 88.6 Å². The number of hydrogen-bond acceptors (Lipinski definition) is 5. The van der Waals surface area contributed by atoms with Crippen molar-refractivity contribution in [3.63, 3.8) is 0 Å². The summed E-state index contributed by atoms with van der Waals surface area (Å²) in [7, 11) is 3.98. The van der Waals surface area contributed by atoms with E-state index >= 15 is 0 Å². The molecule has 0 radical (unpaired) electrons. The minimum absolute atomic E-state index is 0.0490. The molecule has 7 heteroatoms. The number of nitro groups is 1. The number of anilines is 1. The highest BCUT2D eigenvalue weighted by Gasteiger charge is 2.16. The average Bonchev–Trinajstić information content (AvgIpc) is 3.02. The van der Waals surface area contributed by atoms with E-state index < -0.39 is 16.7 Å². The van der Waals surface area contributed by atoms with Gasteiger partial charge in [-0.3, -0.25) is 14.9 Å². The van der Waals surface area contributed by atoms with E-state index in [4.69, 9.17) is 4.42 Å². The van der Waals surface area contributed by atoms with Crippen LogP contribution in [-0.4, -0.2) is 31.5 Å². The first kappa shape index (κ1) is 16.5. The van der Waals surface area contributed by atoms with E-state index in [2.05, 4.69) is 29.6 Å². The number of nitrogens with zero attached hydrogens (tertiary/aromatic N) is 2. The lowest BCUT2D eigenvalue weighted by Gasteiger charge is -2.12. The minimum Gasteiger partial charge on any atom is -0.395 e. The van der Waals surface area contributed by atoms with Gasteiger partial charge in [-0.25, -0.2) is 0 Å². The van der Waals surface area contributed by atoms with Gasteiger partial charge >= 0.3 is 5.88 Å². The zero-order valence-corrected chi connectivity index (χ0v) is 13.1. The summed E-state index contributed by atoms with van der Waals surface area (Å²) in [6.45, 7) is 0.475. The molecule has 2 rings (SSSR count). The maximum absolute atomic E-state index is 11.8. The number of rotatable bonds is 7. The van der Waals surface area contributed by atoms with Gasteiger partial charge < -0.3 is 14.6 Å². The predicted molar refractivity (Wildman–Crippen MR) is 86.8 cm³/mol. The quantitative estimate of drug-likeness (QED) is 0.482. The van der Waals surface area contributed by atoms with Gasteiger partial charge in [0.25, 0.3) is 5.91 Å². The van der Waals surface area contributed by atoms with Crippen LogP contribution < -0.4 is 10.2 Å². The summed E-state index contributed by atoms with van der Waals surface area (Å²) < 4.78 is 4.84. The van der Waals surface area contributed by atoms with E-state index in [0.717, 1.165) is 18.5 Å². The van der Waals surface area contributed by atoms with Crippen LogP contribution in [0.3, 0.4) is 0 Å². The van der Waals surface area contributed by atoms with Crippen LogP contribution in [0.15, 0.2) is 40.8 Å². The van der Waals surface area contributed by atoms with Gasteiger partial charge in [0, 0.05) is 26.3 Å². The molecular weight excluding hydrogens is 298 g/mol. The Morgan fingerprint density at radius 2 is 1.91 bits per heavy atom. The van der Waals surface area contributed by atoms with E-state index in [-0.39, 0.29) is 5.76 Å². The van der Waals surface area contributed by atoms with Crippen molar-refractivity contribution in [2.45, 2.75) is 12.8 Å². The van der Waals surface area contributed by atoms with Crippen molar-refractivity contribution in [3.8, 4) is 0 Å². The maximum atomic E-state index is 11.8. The van der Waals surface area contributed by atoms with Gasteiger partial charge in [-0.05, 0) is 36.6 Å². The largest absolute Gasteiger partial charge is 0.433 e. The van der Waals surface area contributed by atoms with Gasteiger partial charge in [-0.2, -0.15) is 0 Å². The van der Waals surface area contributed by atoms with Crippen LogP contribution in [0, 0.1) is 10.1 Å². The number of nitrogens with one attached hydrogen (secondary N) is 1. The van der Waals surface area contributed by atoms with Crippen LogP contribution in [0.25, 0.3) is 0 Å². The van der Waals surface area contributed by atoms with Gasteiger partial charge in [0.2, 0.25) is 0 Å². The molecule has 1 heterocycles. The van der Waals surface area contributed by atoms with Crippen LogP contribution in [0.4, 0.5) is 11.6 Å². The second kappa shape index (κ2) is 7.44. The van der Waals surface area contributed by atoms with Crippen LogP contribution >= 0.6 is 0 Å². The third kappa shape index (κ3) is 4.57. The van der Waals surface area contributed by atoms with E-state index in [1.54, 1.807) is 0 Å². The molecule has 0 unspecified atom stereocenters. The Hall–Kier alpha value is -2.83. The number of hydrogen-bond donors (Lipinski definition) is 1. The van der Waals surface area contributed by atoms with Gasteiger partial charge in [-0.15, -0.1) is 0 Å². The number of amides is 1. The summed E-state index contributed by atoms with van der Waals surface area (Å²) in [5.74, 6) is -0.927. The van der Waals surface area contributed by atoms with Gasteiger partial charge in [0.15, 0.2) is 5.76 Å². The molecule has 0 spiro atoms. The molecule has 1 aromatic carbocycles. The highest BCUT2D eigenvalue weighted by atomic mass is 16.6. The van der Waals surface area contributed by atoms with Crippen molar-refractivity contribution in [2.75, 3.05) is 25.5 Å². The Morgan fingerprint density at radius 3 is 2.48 bits per heavy atom. The van der Waals surface area contributed by atoms with Crippen molar-refractivity contribution in [3.05, 3.63) is 57.8 Å². The maximum Gasteiger partial charge on any atom is 0.433 e. The predicted octanol–water partition coefficient (Wildman–Crippen LogP) is 2.62. The molecule has 0 bridgehead atoms. The molecule has 0 aliphatic carbocycles. The summed E-state index contributed by atoms with van der Waals surface area (Å²) >= 11 is 0. The number of benzene rings is 1. The third-order valence-electron chi connectivity index (χ3n) is 3.38. The number of carbonyl (C=O) groups is 1. The molecule has 0 atom stereocenters. The van der Waals surface area contributed by atoms with Crippen molar-refractivity contribution in [2.24, 2.45) is 0 Å². The first-order valence-electron chi connectivity index (χ1n) is 7.26. The zero-order chi connectivity index (χ0) is 16.8. The fourth-order valence-corrected chi connectivity index (χ4v) is 2.09. The first-order chi connectivity index (χ1) is 11.0. The van der Waals surface area contributed by atoms with Crippen molar-refractivity contribution in [1.82, 2.24) is 5.32 Å². The van der Waals surface area contributed by atoms with Crippen molar-refractivity contribution < 1.29 is 14.1 Å². The SMILES string of the molecule is CN(C)c1ccc(CCCNC(=O)c2ccc([N+](=O)[O-])o2)cc1. The van der Waals surface area contributed by atoms with Gasteiger partial charge in [0.05, 0.1) is 6.07 Å². The molecule has 0 saturated carbocycles. The first-order valence-corrected chi connectivity index (χ1v) is 7.26. The number of carbonyl (C=O) groups excluding carboxylic acids is 1. The molecule has 0 saturated heterocycles. The summed E-state index contributed by atoms with van der Waals surface area (Å²) in [6.07, 6.45) is 1.61. The summed E-state index contributed by atoms with van der Waals surface area (Å²) in [4.78, 5) is 23.6. The molecule has 1 N–H and O–H groups in total. The highest BCUT2D eigenvalue weighted by Crippen LogP contribution is 2.15. The lowest BCUT2D eigenvalue weighted by atomic mass is 10.1. The Kier molecular flexibility index (Phi) is 5.35. The van der Waals surface area contributed by atoms with E-state index in [1.165, 1.54) is 17.7 Å². The molecule has 1 aromatic heterocycles. The van der Waals surface area contributed by atoms with Crippen molar-refractivity contribution >= 4 is 17.5 Å².